The Labute approximate surface area is 173 Å². The van der Waals surface area contributed by atoms with Gasteiger partial charge in [-0.25, -0.2) is 0 Å². The van der Waals surface area contributed by atoms with Crippen molar-refractivity contribution in [3.05, 3.63) is 29.8 Å². The van der Waals surface area contributed by atoms with Crippen molar-refractivity contribution in [2.24, 2.45) is 5.92 Å². The lowest BCUT2D eigenvalue weighted by molar-refractivity contribution is -0.139. The summed E-state index contributed by atoms with van der Waals surface area (Å²) < 4.78 is 5.57. The second-order valence-electron chi connectivity index (χ2n) is 8.95. The van der Waals surface area contributed by atoms with E-state index >= 15 is 0 Å². The summed E-state index contributed by atoms with van der Waals surface area (Å²) in [5.74, 6) is 0.582. The Morgan fingerprint density at radius 2 is 1.75 bits per heavy atom. The normalized spacial score (nSPS) is 27.7. The predicted octanol–water partition coefficient (Wildman–Crippen LogP) is 5.68. The summed E-state index contributed by atoms with van der Waals surface area (Å²) in [7, 11) is -1.06. The van der Waals surface area contributed by atoms with Crippen molar-refractivity contribution in [2.75, 3.05) is 0 Å². The lowest BCUT2D eigenvalue weighted by Crippen LogP contribution is -2.34. The molecule has 0 saturated carbocycles. The van der Waals surface area contributed by atoms with E-state index in [0.29, 0.717) is 11.3 Å². The molecule has 28 heavy (non-hydrogen) atoms. The van der Waals surface area contributed by atoms with Crippen LogP contribution in [0.15, 0.2) is 24.3 Å². The average Bonchev–Trinajstić information content (AvgIpc) is 2.75. The predicted molar refractivity (Wildman–Crippen MR) is 120 cm³/mol. The molecule has 2 heterocycles. The number of unbranched alkanes of at least 4 members (excludes halogenated alkanes) is 2. The van der Waals surface area contributed by atoms with Crippen molar-refractivity contribution < 1.29 is 9.53 Å². The molecule has 152 valence electrons. The van der Waals surface area contributed by atoms with Crippen LogP contribution in [-0.4, -0.2) is 23.6 Å². The van der Waals surface area contributed by atoms with Crippen LogP contribution < -0.4 is 4.74 Å². The number of hydrogen-bond donors (Lipinski definition) is 0. The van der Waals surface area contributed by atoms with Crippen LogP contribution >= 0.6 is 0 Å². The van der Waals surface area contributed by atoms with Crippen LogP contribution in [-0.2, 0) is 4.79 Å². The molecular weight excluding hydrogens is 378 g/mol. The summed E-state index contributed by atoms with van der Waals surface area (Å²) in [5.41, 5.74) is 1.65. The summed E-state index contributed by atoms with van der Waals surface area (Å²) in [4.78, 5) is 12.5. The lowest BCUT2D eigenvalue weighted by Gasteiger charge is -2.36. The zero-order valence-electron chi connectivity index (χ0n) is 17.4. The zero-order valence-corrected chi connectivity index (χ0v) is 19.7. The van der Waals surface area contributed by atoms with E-state index < -0.39 is 17.6 Å². The molecule has 0 bridgehead atoms. The molecule has 2 fully saturated rings. The van der Waals surface area contributed by atoms with Crippen molar-refractivity contribution in [2.45, 2.75) is 87.6 Å². The van der Waals surface area contributed by atoms with Gasteiger partial charge in [0.1, 0.15) is 5.75 Å². The highest BCUT2D eigenvalue weighted by Gasteiger charge is 2.34. The van der Waals surface area contributed by atoms with Crippen LogP contribution in [0.25, 0.3) is 0 Å². The second kappa shape index (κ2) is 11.0. The van der Waals surface area contributed by atoms with Gasteiger partial charge in [-0.05, 0) is 42.6 Å². The molecule has 0 N–H and O–H groups in total. The third-order valence-corrected chi connectivity index (χ3v) is 14.8. The van der Waals surface area contributed by atoms with Gasteiger partial charge in [0, 0.05) is 17.6 Å². The monoisotopic (exact) mass is 413 g/mol. The molecule has 1 aromatic carbocycles. The first kappa shape index (κ1) is 21.3. The Morgan fingerprint density at radius 1 is 1.07 bits per heavy atom. The molecule has 0 aromatic heterocycles. The Balaban J connectivity index is 1.38. The summed E-state index contributed by atoms with van der Waals surface area (Å²) >= 11 is 0. The smallest absolute Gasteiger partial charge is 0.314 e. The third-order valence-electron chi connectivity index (χ3n) is 7.08. The highest BCUT2D eigenvalue weighted by molar-refractivity contribution is 6.63. The maximum Gasteiger partial charge on any atom is 0.314 e. The van der Waals surface area contributed by atoms with E-state index in [1.807, 2.05) is 0 Å². The Bertz CT molecular complexity index is 654. The molecule has 0 aliphatic carbocycles. The summed E-state index contributed by atoms with van der Waals surface area (Å²) in [6.07, 6.45) is 9.42. The van der Waals surface area contributed by atoms with E-state index in [1.165, 1.54) is 44.2 Å². The number of esters is 1. The van der Waals surface area contributed by atoms with Gasteiger partial charge < -0.3 is 4.74 Å². The van der Waals surface area contributed by atoms with Gasteiger partial charge in [0.15, 0.2) is 0 Å². The standard InChI is InChI=1S/C23H35NO2Si2/c1-2-3-4-13-27-14-11-22(12-15-27)28-16-9-20(10-17-28)23(25)26-21-7-5-19(18-24)6-8-21/h5-8,20,22,27-28H,2-4,9-17H2,1H3. The van der Waals surface area contributed by atoms with Crippen molar-refractivity contribution >= 4 is 23.6 Å². The van der Waals surface area contributed by atoms with Crippen LogP contribution in [0, 0.1) is 17.2 Å². The van der Waals surface area contributed by atoms with E-state index in [4.69, 9.17) is 10.00 Å². The number of ether oxygens (including phenoxy) is 1. The van der Waals surface area contributed by atoms with Crippen LogP contribution in [0.5, 0.6) is 5.75 Å². The molecule has 3 nitrogen and oxygen atoms in total. The van der Waals surface area contributed by atoms with E-state index in [0.717, 1.165) is 18.4 Å². The van der Waals surface area contributed by atoms with Gasteiger partial charge in [0.2, 0.25) is 0 Å². The minimum absolute atomic E-state index is 0.0656. The first-order valence-electron chi connectivity index (χ1n) is 11.4. The third kappa shape index (κ3) is 6.05. The second-order valence-corrected chi connectivity index (χ2v) is 16.0. The van der Waals surface area contributed by atoms with Crippen molar-refractivity contribution in [3.63, 3.8) is 0 Å². The minimum atomic E-state index is -0.665. The number of nitriles is 1. The Hall–Kier alpha value is -1.39. The highest BCUT2D eigenvalue weighted by Crippen LogP contribution is 2.40. The number of nitrogens with zero attached hydrogens (tertiary/aromatic N) is 1. The molecule has 2 saturated heterocycles. The maximum atomic E-state index is 12.5. The van der Waals surface area contributed by atoms with Crippen molar-refractivity contribution in [1.29, 1.82) is 5.26 Å². The molecule has 0 radical (unpaired) electrons. The number of hydrogen-bond acceptors (Lipinski definition) is 3. The minimum Gasteiger partial charge on any atom is -0.426 e. The van der Waals surface area contributed by atoms with Crippen molar-refractivity contribution in [1.82, 2.24) is 0 Å². The molecule has 0 amide bonds. The molecule has 2 aliphatic heterocycles. The first-order valence-corrected chi connectivity index (χ1v) is 16.2. The molecule has 3 rings (SSSR count). The molecule has 1 aromatic rings. The fraction of sp³-hybridized carbons (Fsp3) is 0.652. The van der Waals surface area contributed by atoms with Gasteiger partial charge in [-0.1, -0.05) is 69.2 Å². The SMILES string of the molecule is CCCCC[SiH]1CCC([SiH]2CCC(C(=O)Oc3ccc(C#N)cc3)CC2)CC1. The van der Waals surface area contributed by atoms with Crippen LogP contribution in [0.1, 0.15) is 57.4 Å². The van der Waals surface area contributed by atoms with E-state index in [9.17, 15) is 4.79 Å². The van der Waals surface area contributed by atoms with Crippen molar-refractivity contribution in [3.8, 4) is 11.8 Å². The Morgan fingerprint density at radius 3 is 2.36 bits per heavy atom. The van der Waals surface area contributed by atoms with E-state index in [-0.39, 0.29) is 11.9 Å². The number of benzene rings is 1. The first-order chi connectivity index (χ1) is 13.7. The number of carbonyl (C=O) groups is 1. The molecule has 0 atom stereocenters. The van der Waals surface area contributed by atoms with Gasteiger partial charge >= 0.3 is 5.97 Å². The van der Waals surface area contributed by atoms with Gasteiger partial charge in [-0.15, -0.1) is 0 Å². The molecular formula is C23H35NO2Si2. The lowest BCUT2D eigenvalue weighted by atomic mass is 10.0. The van der Waals surface area contributed by atoms with E-state index in [2.05, 4.69) is 13.0 Å². The summed E-state index contributed by atoms with van der Waals surface area (Å²) in [6.45, 7) is 2.31. The van der Waals surface area contributed by atoms with Gasteiger partial charge in [0.25, 0.3) is 0 Å². The number of rotatable bonds is 7. The van der Waals surface area contributed by atoms with Gasteiger partial charge in [-0.2, -0.15) is 5.26 Å². The van der Waals surface area contributed by atoms with Crippen LogP contribution in [0.3, 0.4) is 0 Å². The zero-order chi connectivity index (χ0) is 19.8. The largest absolute Gasteiger partial charge is 0.426 e. The topological polar surface area (TPSA) is 50.1 Å². The molecule has 0 unspecified atom stereocenters. The molecule has 0 spiro atoms. The fourth-order valence-electron chi connectivity index (χ4n) is 5.25. The maximum absolute atomic E-state index is 12.5. The molecule has 5 heteroatoms. The summed E-state index contributed by atoms with van der Waals surface area (Å²) in [6, 6.07) is 16.4. The van der Waals surface area contributed by atoms with Gasteiger partial charge in [-0.3, -0.25) is 4.79 Å². The van der Waals surface area contributed by atoms with Crippen LogP contribution in [0.4, 0.5) is 0 Å². The van der Waals surface area contributed by atoms with Crippen LogP contribution in [0.2, 0.25) is 35.8 Å². The number of carbonyl (C=O) groups excluding carboxylic acids is 1. The van der Waals surface area contributed by atoms with Gasteiger partial charge in [0.05, 0.1) is 17.6 Å². The summed E-state index contributed by atoms with van der Waals surface area (Å²) in [5, 5.41) is 8.86. The fourth-order valence-corrected chi connectivity index (χ4v) is 13.8. The average molecular weight is 414 g/mol. The van der Waals surface area contributed by atoms with E-state index in [1.54, 1.807) is 42.4 Å². The molecule has 2 aliphatic rings. The highest BCUT2D eigenvalue weighted by atomic mass is 28.3. The quantitative estimate of drug-likeness (QED) is 0.250. The Kier molecular flexibility index (Phi) is 8.35.